The van der Waals surface area contributed by atoms with Crippen molar-refractivity contribution in [2.24, 2.45) is 5.84 Å². The van der Waals surface area contributed by atoms with Crippen LogP contribution in [-0.4, -0.2) is 17.0 Å². The molecular formula is C12H12FN5O2. The number of nitrogens with one attached hydrogen (secondary N) is 1. The van der Waals surface area contributed by atoms with Crippen LogP contribution in [0.5, 0.6) is 0 Å². The molecule has 0 aliphatic carbocycles. The Balaban J connectivity index is 2.48. The van der Waals surface area contributed by atoms with Crippen LogP contribution in [0.15, 0.2) is 36.4 Å². The van der Waals surface area contributed by atoms with Gasteiger partial charge >= 0.3 is 5.69 Å². The van der Waals surface area contributed by atoms with Crippen LogP contribution in [0.1, 0.15) is 0 Å². The molecule has 0 saturated carbocycles. The first kappa shape index (κ1) is 13.7. The Morgan fingerprint density at radius 2 is 1.95 bits per heavy atom. The molecule has 0 saturated heterocycles. The van der Waals surface area contributed by atoms with Gasteiger partial charge in [0.25, 0.3) is 0 Å². The number of anilines is 3. The van der Waals surface area contributed by atoms with Gasteiger partial charge in [-0.25, -0.2) is 15.2 Å². The zero-order chi connectivity index (χ0) is 14.7. The Kier molecular flexibility index (Phi) is 3.76. The number of nitrogen functional groups attached to an aromatic ring is 1. The molecule has 3 N–H and O–H groups in total. The molecule has 0 radical (unpaired) electrons. The van der Waals surface area contributed by atoms with Gasteiger partial charge in [0, 0.05) is 18.8 Å². The van der Waals surface area contributed by atoms with Crippen LogP contribution in [0.4, 0.5) is 27.4 Å². The molecule has 1 aromatic carbocycles. The van der Waals surface area contributed by atoms with Crippen LogP contribution in [0.2, 0.25) is 0 Å². The minimum Gasteiger partial charge on any atom is -0.324 e. The highest BCUT2D eigenvalue weighted by atomic mass is 19.1. The number of rotatable bonds is 4. The second-order valence-corrected chi connectivity index (χ2v) is 3.98. The zero-order valence-corrected chi connectivity index (χ0v) is 10.6. The van der Waals surface area contributed by atoms with Gasteiger partial charge in [0.05, 0.1) is 4.92 Å². The number of pyridine rings is 1. The third-order valence-corrected chi connectivity index (χ3v) is 2.73. The summed E-state index contributed by atoms with van der Waals surface area (Å²) in [5, 5.41) is 11.0. The maximum atomic E-state index is 12.9. The van der Waals surface area contributed by atoms with Gasteiger partial charge < -0.3 is 10.3 Å². The normalized spacial score (nSPS) is 10.2. The third kappa shape index (κ3) is 2.64. The number of halogens is 1. The molecule has 0 aliphatic heterocycles. The molecular weight excluding hydrogens is 265 g/mol. The molecule has 0 unspecified atom stereocenters. The molecule has 0 fully saturated rings. The van der Waals surface area contributed by atoms with E-state index in [2.05, 4.69) is 10.4 Å². The molecule has 0 aliphatic rings. The highest BCUT2D eigenvalue weighted by molar-refractivity contribution is 5.69. The van der Waals surface area contributed by atoms with Gasteiger partial charge in [-0.1, -0.05) is 0 Å². The lowest BCUT2D eigenvalue weighted by atomic mass is 10.2. The molecule has 0 amide bonds. The predicted octanol–water partition coefficient (Wildman–Crippen LogP) is 2.18. The molecule has 1 aromatic heterocycles. The number of nitro groups is 1. The quantitative estimate of drug-likeness (QED) is 0.505. The van der Waals surface area contributed by atoms with E-state index >= 15 is 0 Å². The average molecular weight is 277 g/mol. The van der Waals surface area contributed by atoms with Crippen molar-refractivity contribution in [1.82, 2.24) is 4.98 Å². The lowest BCUT2D eigenvalue weighted by Crippen LogP contribution is -2.16. The summed E-state index contributed by atoms with van der Waals surface area (Å²) in [7, 11) is 1.60. The SMILES string of the molecule is CN(c1ccc(F)cc1)c1nc(NN)ccc1[N+](=O)[O-]. The number of benzene rings is 1. The summed E-state index contributed by atoms with van der Waals surface area (Å²) in [6.45, 7) is 0. The van der Waals surface area contributed by atoms with E-state index in [4.69, 9.17) is 5.84 Å². The number of hydrogen-bond acceptors (Lipinski definition) is 6. The van der Waals surface area contributed by atoms with Gasteiger partial charge in [0.1, 0.15) is 11.6 Å². The summed E-state index contributed by atoms with van der Waals surface area (Å²) >= 11 is 0. The van der Waals surface area contributed by atoms with E-state index in [0.717, 1.165) is 0 Å². The average Bonchev–Trinajstić information content (AvgIpc) is 2.46. The van der Waals surface area contributed by atoms with E-state index in [1.54, 1.807) is 7.05 Å². The summed E-state index contributed by atoms with van der Waals surface area (Å²) in [5.41, 5.74) is 2.72. The van der Waals surface area contributed by atoms with Gasteiger partial charge in [0.15, 0.2) is 0 Å². The molecule has 7 nitrogen and oxygen atoms in total. The lowest BCUT2D eigenvalue weighted by Gasteiger charge is -2.18. The van der Waals surface area contributed by atoms with Crippen molar-refractivity contribution in [3.63, 3.8) is 0 Å². The van der Waals surface area contributed by atoms with Crippen LogP contribution >= 0.6 is 0 Å². The molecule has 2 rings (SSSR count). The highest BCUT2D eigenvalue weighted by Gasteiger charge is 2.20. The number of aromatic nitrogens is 1. The fourth-order valence-electron chi connectivity index (χ4n) is 1.70. The van der Waals surface area contributed by atoms with Gasteiger partial charge in [0.2, 0.25) is 5.82 Å². The van der Waals surface area contributed by atoms with Crippen molar-refractivity contribution >= 4 is 23.0 Å². The molecule has 20 heavy (non-hydrogen) atoms. The summed E-state index contributed by atoms with van der Waals surface area (Å²) < 4.78 is 12.9. The van der Waals surface area contributed by atoms with E-state index in [1.165, 1.54) is 41.3 Å². The van der Waals surface area contributed by atoms with E-state index in [-0.39, 0.29) is 17.3 Å². The topological polar surface area (TPSA) is 97.3 Å². The molecule has 0 spiro atoms. The second-order valence-electron chi connectivity index (χ2n) is 3.98. The minimum atomic E-state index is -0.539. The van der Waals surface area contributed by atoms with Crippen LogP contribution in [0.25, 0.3) is 0 Å². The Morgan fingerprint density at radius 1 is 1.30 bits per heavy atom. The molecule has 0 atom stereocenters. The number of nitrogens with two attached hydrogens (primary N) is 1. The highest BCUT2D eigenvalue weighted by Crippen LogP contribution is 2.31. The maximum absolute atomic E-state index is 12.9. The molecule has 104 valence electrons. The van der Waals surface area contributed by atoms with Crippen molar-refractivity contribution in [2.45, 2.75) is 0 Å². The smallest absolute Gasteiger partial charge is 0.312 e. The van der Waals surface area contributed by atoms with E-state index in [1.807, 2.05) is 0 Å². The van der Waals surface area contributed by atoms with E-state index in [0.29, 0.717) is 11.5 Å². The number of hydrazine groups is 1. The molecule has 2 aromatic rings. The summed E-state index contributed by atoms with van der Waals surface area (Å²) in [6.07, 6.45) is 0. The largest absolute Gasteiger partial charge is 0.324 e. The van der Waals surface area contributed by atoms with Gasteiger partial charge in [-0.3, -0.25) is 10.1 Å². The fraction of sp³-hybridized carbons (Fsp3) is 0.0833. The number of hydrogen-bond donors (Lipinski definition) is 2. The van der Waals surface area contributed by atoms with Crippen LogP contribution in [0.3, 0.4) is 0 Å². The zero-order valence-electron chi connectivity index (χ0n) is 10.6. The first-order valence-electron chi connectivity index (χ1n) is 5.64. The minimum absolute atomic E-state index is 0.108. The van der Waals surface area contributed by atoms with Gasteiger partial charge in [-0.05, 0) is 30.3 Å². The molecule has 8 heteroatoms. The molecule has 0 bridgehead atoms. The number of nitrogens with zero attached hydrogens (tertiary/aromatic N) is 3. The Bertz CT molecular complexity index is 632. The van der Waals surface area contributed by atoms with E-state index in [9.17, 15) is 14.5 Å². The summed E-state index contributed by atoms with van der Waals surface area (Å²) in [6, 6.07) is 8.25. The third-order valence-electron chi connectivity index (χ3n) is 2.73. The Morgan fingerprint density at radius 3 is 2.50 bits per heavy atom. The monoisotopic (exact) mass is 277 g/mol. The van der Waals surface area contributed by atoms with Crippen molar-refractivity contribution in [2.75, 3.05) is 17.4 Å². The predicted molar refractivity (Wildman–Crippen MR) is 73.2 cm³/mol. The second kappa shape index (κ2) is 5.49. The standard InChI is InChI=1S/C12H12FN5O2/c1-17(9-4-2-8(13)3-5-9)12-10(18(19)20)6-7-11(15-12)16-14/h2-7H,14H2,1H3,(H,15,16). The van der Waals surface area contributed by atoms with Gasteiger partial charge in [-0.2, -0.15) is 0 Å². The van der Waals surface area contributed by atoms with Crippen LogP contribution in [-0.2, 0) is 0 Å². The fourth-order valence-corrected chi connectivity index (χ4v) is 1.70. The Labute approximate surface area is 114 Å². The molecule has 1 heterocycles. The first-order valence-corrected chi connectivity index (χ1v) is 5.64. The van der Waals surface area contributed by atoms with Crippen molar-refractivity contribution in [3.8, 4) is 0 Å². The lowest BCUT2D eigenvalue weighted by molar-refractivity contribution is -0.384. The Hall–Kier alpha value is -2.74. The first-order chi connectivity index (χ1) is 9.52. The van der Waals surface area contributed by atoms with Crippen molar-refractivity contribution in [1.29, 1.82) is 0 Å². The summed E-state index contributed by atoms with van der Waals surface area (Å²) in [5.74, 6) is 5.27. The van der Waals surface area contributed by atoms with Crippen molar-refractivity contribution < 1.29 is 9.31 Å². The van der Waals surface area contributed by atoms with E-state index < -0.39 is 4.92 Å². The van der Waals surface area contributed by atoms with Crippen molar-refractivity contribution in [3.05, 3.63) is 52.3 Å². The van der Waals surface area contributed by atoms with Crippen LogP contribution in [0, 0.1) is 15.9 Å². The summed E-state index contributed by atoms with van der Waals surface area (Å²) in [4.78, 5) is 16.0. The maximum Gasteiger partial charge on any atom is 0.312 e. The van der Waals surface area contributed by atoms with Gasteiger partial charge in [-0.15, -0.1) is 0 Å². The van der Waals surface area contributed by atoms with Crippen LogP contribution < -0.4 is 16.2 Å².